The fourth-order valence-corrected chi connectivity index (χ4v) is 4.51. The van der Waals surface area contributed by atoms with Gasteiger partial charge >= 0.3 is 5.97 Å². The summed E-state index contributed by atoms with van der Waals surface area (Å²) in [6.07, 6.45) is -10.9. The molecule has 1 aliphatic carbocycles. The van der Waals surface area contributed by atoms with E-state index in [-0.39, 0.29) is 6.61 Å². The van der Waals surface area contributed by atoms with Crippen LogP contribution in [0.25, 0.3) is 0 Å². The van der Waals surface area contributed by atoms with Crippen LogP contribution >= 0.6 is 0 Å². The maximum Gasteiger partial charge on any atom is 0.336 e. The maximum atomic E-state index is 12.9. The molecule has 2 heterocycles. The van der Waals surface area contributed by atoms with Gasteiger partial charge in [-0.3, -0.25) is 0 Å². The standard InChI is InChI=1S/C21H34O11/c1-9-5-4-6-21(2,3)12(9)18(28)32-20-17(27)15(25)14(24)11(31-20)8-30-19-16(26)13(23)10(22)7-29-19/h10-11,13-17,19-20,22-27H,4-8H2,1-3H3/t10-,11-,13-,14-,15+,16+,17-,19-,20+/m1/s1. The van der Waals surface area contributed by atoms with E-state index in [9.17, 15) is 35.4 Å². The average molecular weight is 462 g/mol. The molecule has 0 amide bonds. The summed E-state index contributed by atoms with van der Waals surface area (Å²) in [5.41, 5.74) is 0.972. The Morgan fingerprint density at radius 1 is 1.00 bits per heavy atom. The Hall–Kier alpha value is -1.15. The molecule has 0 saturated carbocycles. The first-order chi connectivity index (χ1) is 14.9. The highest BCUT2D eigenvalue weighted by Crippen LogP contribution is 2.41. The largest absolute Gasteiger partial charge is 0.429 e. The number of carbonyl (C=O) groups excluding carboxylic acids is 1. The lowest BCUT2D eigenvalue weighted by molar-refractivity contribution is -0.314. The van der Waals surface area contributed by atoms with Gasteiger partial charge in [-0.2, -0.15) is 0 Å². The monoisotopic (exact) mass is 462 g/mol. The first-order valence-corrected chi connectivity index (χ1v) is 10.8. The Kier molecular flexibility index (Phi) is 7.96. The van der Waals surface area contributed by atoms with E-state index in [1.807, 2.05) is 20.8 Å². The number of esters is 1. The molecule has 184 valence electrons. The molecule has 3 aliphatic rings. The lowest BCUT2D eigenvalue weighted by Crippen LogP contribution is -2.60. The number of rotatable bonds is 5. The Morgan fingerprint density at radius 3 is 2.31 bits per heavy atom. The second-order valence-electron chi connectivity index (χ2n) is 9.40. The van der Waals surface area contributed by atoms with Crippen molar-refractivity contribution in [2.45, 2.75) is 95.3 Å². The van der Waals surface area contributed by atoms with Gasteiger partial charge in [0.25, 0.3) is 0 Å². The third-order valence-electron chi connectivity index (χ3n) is 6.43. The van der Waals surface area contributed by atoms with Gasteiger partial charge in [-0.05, 0) is 31.6 Å². The second-order valence-corrected chi connectivity index (χ2v) is 9.40. The van der Waals surface area contributed by atoms with Gasteiger partial charge in [0.1, 0.15) is 42.7 Å². The van der Waals surface area contributed by atoms with Gasteiger partial charge in [0.2, 0.25) is 6.29 Å². The van der Waals surface area contributed by atoms with Gasteiger partial charge in [-0.1, -0.05) is 19.4 Å². The van der Waals surface area contributed by atoms with E-state index in [1.54, 1.807) is 0 Å². The smallest absolute Gasteiger partial charge is 0.336 e. The highest BCUT2D eigenvalue weighted by atomic mass is 16.7. The van der Waals surface area contributed by atoms with Crippen LogP contribution in [0, 0.1) is 5.41 Å². The summed E-state index contributed by atoms with van der Waals surface area (Å²) >= 11 is 0. The summed E-state index contributed by atoms with van der Waals surface area (Å²) in [7, 11) is 0. The molecule has 2 aliphatic heterocycles. The molecule has 11 nitrogen and oxygen atoms in total. The van der Waals surface area contributed by atoms with Crippen LogP contribution in [0.5, 0.6) is 0 Å². The summed E-state index contributed by atoms with van der Waals surface area (Å²) in [4.78, 5) is 12.9. The first-order valence-electron chi connectivity index (χ1n) is 10.8. The molecule has 11 heteroatoms. The van der Waals surface area contributed by atoms with Crippen molar-refractivity contribution in [3.8, 4) is 0 Å². The SMILES string of the molecule is CC1=C(C(=O)O[C@@H]2O[C@H](CO[C@H]3OC[C@@H](O)[C@@H](O)[C@@H]3O)[C@@H](O)[C@H](O)[C@H]2O)C(C)(C)CCC1. The minimum atomic E-state index is -1.69. The van der Waals surface area contributed by atoms with Gasteiger partial charge in [0.15, 0.2) is 6.29 Å². The van der Waals surface area contributed by atoms with E-state index in [0.717, 1.165) is 24.8 Å². The van der Waals surface area contributed by atoms with E-state index >= 15 is 0 Å². The summed E-state index contributed by atoms with van der Waals surface area (Å²) in [6, 6.07) is 0. The zero-order valence-corrected chi connectivity index (χ0v) is 18.5. The van der Waals surface area contributed by atoms with Crippen LogP contribution in [-0.2, 0) is 23.7 Å². The highest BCUT2D eigenvalue weighted by Gasteiger charge is 2.47. The van der Waals surface area contributed by atoms with Crippen molar-refractivity contribution in [3.05, 3.63) is 11.1 Å². The fourth-order valence-electron chi connectivity index (χ4n) is 4.51. The molecule has 0 aromatic heterocycles. The lowest BCUT2D eigenvalue weighted by Gasteiger charge is -2.41. The molecule has 0 bridgehead atoms. The topological polar surface area (TPSA) is 175 Å². The third-order valence-corrected chi connectivity index (χ3v) is 6.43. The molecule has 9 atom stereocenters. The van der Waals surface area contributed by atoms with Crippen LogP contribution in [0.3, 0.4) is 0 Å². The van der Waals surface area contributed by atoms with Crippen LogP contribution in [0.1, 0.15) is 40.0 Å². The van der Waals surface area contributed by atoms with E-state index in [2.05, 4.69) is 0 Å². The number of aliphatic hydroxyl groups is 6. The van der Waals surface area contributed by atoms with Crippen LogP contribution in [0.15, 0.2) is 11.1 Å². The molecule has 2 saturated heterocycles. The van der Waals surface area contributed by atoms with Crippen LogP contribution < -0.4 is 0 Å². The molecule has 3 rings (SSSR count). The van der Waals surface area contributed by atoms with Crippen molar-refractivity contribution in [3.63, 3.8) is 0 Å². The van der Waals surface area contributed by atoms with Gasteiger partial charge in [0.05, 0.1) is 13.2 Å². The molecule has 2 fully saturated rings. The molecular weight excluding hydrogens is 428 g/mol. The zero-order valence-electron chi connectivity index (χ0n) is 18.5. The van der Waals surface area contributed by atoms with E-state index < -0.39 is 73.3 Å². The summed E-state index contributed by atoms with van der Waals surface area (Å²) in [5, 5.41) is 60.0. The number of carbonyl (C=O) groups is 1. The Balaban J connectivity index is 1.66. The van der Waals surface area contributed by atoms with Crippen molar-refractivity contribution in [1.82, 2.24) is 0 Å². The van der Waals surface area contributed by atoms with Gasteiger partial charge < -0.3 is 49.6 Å². The number of aliphatic hydroxyl groups excluding tert-OH is 6. The number of allylic oxidation sites excluding steroid dienone is 1. The number of hydrogen-bond donors (Lipinski definition) is 6. The van der Waals surface area contributed by atoms with Gasteiger partial charge in [-0.25, -0.2) is 4.79 Å². The van der Waals surface area contributed by atoms with Crippen LogP contribution in [0.2, 0.25) is 0 Å². The van der Waals surface area contributed by atoms with Crippen molar-refractivity contribution >= 4 is 5.97 Å². The van der Waals surface area contributed by atoms with E-state index in [1.165, 1.54) is 0 Å². The predicted molar refractivity (Wildman–Crippen MR) is 107 cm³/mol. The Bertz CT molecular complexity index is 708. The Morgan fingerprint density at radius 2 is 1.66 bits per heavy atom. The third kappa shape index (κ3) is 5.16. The molecule has 6 N–H and O–H groups in total. The molecular formula is C21H34O11. The van der Waals surface area contributed by atoms with Crippen molar-refractivity contribution in [2.24, 2.45) is 5.41 Å². The molecule has 32 heavy (non-hydrogen) atoms. The Labute approximate surface area is 186 Å². The molecule has 0 radical (unpaired) electrons. The first kappa shape index (κ1) is 25.5. The van der Waals surface area contributed by atoms with Gasteiger partial charge in [-0.15, -0.1) is 0 Å². The van der Waals surface area contributed by atoms with E-state index in [4.69, 9.17) is 18.9 Å². The number of ether oxygens (including phenoxy) is 4. The average Bonchev–Trinajstić information content (AvgIpc) is 2.72. The van der Waals surface area contributed by atoms with Crippen molar-refractivity contribution < 1.29 is 54.4 Å². The zero-order chi connectivity index (χ0) is 23.8. The van der Waals surface area contributed by atoms with Crippen molar-refractivity contribution in [1.29, 1.82) is 0 Å². The van der Waals surface area contributed by atoms with Crippen LogP contribution in [0.4, 0.5) is 0 Å². The minimum absolute atomic E-state index is 0.275. The van der Waals surface area contributed by atoms with E-state index in [0.29, 0.717) is 5.57 Å². The molecule has 0 unspecified atom stereocenters. The highest BCUT2D eigenvalue weighted by molar-refractivity contribution is 5.91. The fraction of sp³-hybridized carbons (Fsp3) is 0.857. The molecule has 0 spiro atoms. The predicted octanol–water partition coefficient (Wildman–Crippen LogP) is -1.68. The summed E-state index contributed by atoms with van der Waals surface area (Å²) in [5.74, 6) is -0.664. The summed E-state index contributed by atoms with van der Waals surface area (Å²) < 4.78 is 21.4. The number of hydrogen-bond acceptors (Lipinski definition) is 11. The minimum Gasteiger partial charge on any atom is -0.429 e. The lowest BCUT2D eigenvalue weighted by atomic mass is 9.73. The normalized spacial score (nSPS) is 42.6. The summed E-state index contributed by atoms with van der Waals surface area (Å²) in [6.45, 7) is 5.02. The van der Waals surface area contributed by atoms with Crippen LogP contribution in [-0.4, -0.2) is 105 Å². The van der Waals surface area contributed by atoms with Gasteiger partial charge in [0, 0.05) is 5.57 Å². The molecule has 0 aromatic carbocycles. The maximum absolute atomic E-state index is 12.9. The second kappa shape index (κ2) is 10.00. The van der Waals surface area contributed by atoms with Crippen molar-refractivity contribution in [2.75, 3.05) is 13.2 Å². The molecule has 0 aromatic rings. The quantitative estimate of drug-likeness (QED) is 0.257.